The van der Waals surface area contributed by atoms with Gasteiger partial charge in [0, 0.05) is 29.1 Å². The second-order valence-electron chi connectivity index (χ2n) is 7.17. The Morgan fingerprint density at radius 1 is 1.12 bits per heavy atom. The average molecular weight is 516 g/mol. The van der Waals surface area contributed by atoms with Gasteiger partial charge in [0.1, 0.15) is 6.04 Å². The average Bonchev–Trinajstić information content (AvgIpc) is 3.17. The van der Waals surface area contributed by atoms with Gasteiger partial charge in [-0.25, -0.2) is 23.0 Å². The summed E-state index contributed by atoms with van der Waals surface area (Å²) >= 11 is 11.9. The molecule has 2 aromatic carbocycles. The maximum absolute atomic E-state index is 13.2. The predicted molar refractivity (Wildman–Crippen MR) is 128 cm³/mol. The van der Waals surface area contributed by atoms with E-state index >= 15 is 0 Å². The fourth-order valence-corrected chi connectivity index (χ4v) is 5.79. The summed E-state index contributed by atoms with van der Waals surface area (Å²) in [5, 5.41) is 13.3. The van der Waals surface area contributed by atoms with Crippen molar-refractivity contribution in [3.05, 3.63) is 64.1 Å². The Hall–Kier alpha value is -2.33. The van der Waals surface area contributed by atoms with Crippen molar-refractivity contribution in [3.8, 4) is 0 Å². The van der Waals surface area contributed by atoms with E-state index in [0.717, 1.165) is 15.0 Å². The van der Waals surface area contributed by atoms with Crippen LogP contribution in [0.1, 0.15) is 32.8 Å². The maximum atomic E-state index is 13.2. The molecule has 2 aromatic rings. The summed E-state index contributed by atoms with van der Waals surface area (Å²) in [6.07, 6.45) is 0.444. The molecule has 0 aliphatic carbocycles. The fourth-order valence-electron chi connectivity index (χ4n) is 3.37. The summed E-state index contributed by atoms with van der Waals surface area (Å²) < 4.78 is 27.4. The zero-order chi connectivity index (χ0) is 24.8. The third-order valence-corrected chi connectivity index (χ3v) is 7.18. The van der Waals surface area contributed by atoms with Crippen molar-refractivity contribution >= 4 is 45.2 Å². The van der Waals surface area contributed by atoms with Crippen molar-refractivity contribution in [1.29, 1.82) is 0 Å². The molecule has 1 fully saturated rings. The summed E-state index contributed by atoms with van der Waals surface area (Å²) in [5.41, 5.74) is 0.725. The number of nitrogens with zero attached hydrogens (tertiary/aromatic N) is 2. The number of carbonyl (C=O) groups is 2. The SMILES string of the molecule is CC.CC1CCN(C(=O)NC(Cc2ccccc2)C(=O)O)N1S(=O)(=O)c1cc(Cl)cc(Cl)c1. The van der Waals surface area contributed by atoms with Gasteiger partial charge in [0.05, 0.1) is 4.90 Å². The van der Waals surface area contributed by atoms with E-state index in [1.807, 2.05) is 13.8 Å². The molecule has 180 valence electrons. The third-order valence-electron chi connectivity index (χ3n) is 4.87. The van der Waals surface area contributed by atoms with Crippen LogP contribution in [0.4, 0.5) is 4.79 Å². The first-order valence-electron chi connectivity index (χ1n) is 10.4. The highest BCUT2D eigenvalue weighted by molar-refractivity contribution is 7.89. The molecular formula is C22H27Cl2N3O5S. The first-order valence-corrected chi connectivity index (χ1v) is 12.6. The molecule has 0 spiro atoms. The van der Waals surface area contributed by atoms with Crippen LogP contribution in [-0.2, 0) is 21.2 Å². The van der Waals surface area contributed by atoms with E-state index < -0.39 is 34.1 Å². The van der Waals surface area contributed by atoms with Crippen molar-refractivity contribution in [2.45, 2.75) is 50.6 Å². The highest BCUT2D eigenvalue weighted by Crippen LogP contribution is 2.30. The lowest BCUT2D eigenvalue weighted by Gasteiger charge is -2.31. The maximum Gasteiger partial charge on any atom is 0.333 e. The first-order chi connectivity index (χ1) is 15.6. The van der Waals surface area contributed by atoms with Gasteiger partial charge < -0.3 is 10.4 Å². The topological polar surface area (TPSA) is 107 Å². The molecule has 1 heterocycles. The van der Waals surface area contributed by atoms with Crippen LogP contribution in [0.3, 0.4) is 0 Å². The number of carbonyl (C=O) groups excluding carboxylic acids is 1. The molecule has 0 aromatic heterocycles. The van der Waals surface area contributed by atoms with Crippen LogP contribution in [0.25, 0.3) is 0 Å². The van der Waals surface area contributed by atoms with Gasteiger partial charge in [-0.05, 0) is 37.1 Å². The summed E-state index contributed by atoms with van der Waals surface area (Å²) in [6, 6.07) is 10.2. The third kappa shape index (κ3) is 6.60. The van der Waals surface area contributed by atoms with Crippen LogP contribution in [0.5, 0.6) is 0 Å². The molecule has 1 saturated heterocycles. The lowest BCUT2D eigenvalue weighted by Crippen LogP contribution is -2.54. The minimum absolute atomic E-state index is 0.0575. The lowest BCUT2D eigenvalue weighted by molar-refractivity contribution is -0.139. The standard InChI is InChI=1S/C20H21Cl2N3O5S.C2H6/c1-13-7-8-24(25(13)31(29,30)17-11-15(21)10-16(22)12-17)20(28)23-18(19(26)27)9-14-5-3-2-4-6-14;1-2/h2-6,10-13,18H,7-9H2,1H3,(H,23,28)(H,26,27);1-2H3. The number of carboxylic acid groups (broad SMARTS) is 1. The van der Waals surface area contributed by atoms with Crippen LogP contribution in [-0.4, -0.2) is 53.6 Å². The molecule has 11 heteroatoms. The number of amides is 2. The number of sulfonamides is 1. The van der Waals surface area contributed by atoms with Gasteiger partial charge in [0.2, 0.25) is 0 Å². The van der Waals surface area contributed by atoms with Crippen LogP contribution < -0.4 is 5.32 Å². The van der Waals surface area contributed by atoms with E-state index in [4.69, 9.17) is 23.2 Å². The number of rotatable bonds is 6. The summed E-state index contributed by atoms with van der Waals surface area (Å²) in [5.74, 6) is -1.22. The highest BCUT2D eigenvalue weighted by Gasteiger charge is 2.42. The zero-order valence-corrected chi connectivity index (χ0v) is 20.9. The molecule has 2 unspecified atom stereocenters. The summed E-state index contributed by atoms with van der Waals surface area (Å²) in [6.45, 7) is 5.77. The van der Waals surface area contributed by atoms with Crippen molar-refractivity contribution < 1.29 is 23.1 Å². The summed E-state index contributed by atoms with van der Waals surface area (Å²) in [7, 11) is -4.16. The molecule has 2 amide bonds. The Kier molecular flexibility index (Phi) is 9.54. The molecule has 0 radical (unpaired) electrons. The second-order valence-corrected chi connectivity index (χ2v) is 9.84. The molecule has 8 nitrogen and oxygen atoms in total. The molecule has 0 saturated carbocycles. The van der Waals surface area contributed by atoms with Gasteiger partial charge in [-0.2, -0.15) is 0 Å². The largest absolute Gasteiger partial charge is 0.480 e. The van der Waals surface area contributed by atoms with Crippen molar-refractivity contribution in [2.75, 3.05) is 6.54 Å². The minimum Gasteiger partial charge on any atom is -0.480 e. The normalized spacial score (nSPS) is 17.1. The Labute approximate surface area is 204 Å². The monoisotopic (exact) mass is 515 g/mol. The quantitative estimate of drug-likeness (QED) is 0.591. The van der Waals surface area contributed by atoms with Crippen molar-refractivity contribution in [3.63, 3.8) is 0 Å². The van der Waals surface area contributed by atoms with Crippen LogP contribution in [0.15, 0.2) is 53.4 Å². The van der Waals surface area contributed by atoms with Crippen LogP contribution in [0, 0.1) is 0 Å². The zero-order valence-electron chi connectivity index (χ0n) is 18.5. The van der Waals surface area contributed by atoms with Crippen molar-refractivity contribution in [1.82, 2.24) is 14.7 Å². The smallest absolute Gasteiger partial charge is 0.333 e. The molecular weight excluding hydrogens is 489 g/mol. The number of benzene rings is 2. The summed E-state index contributed by atoms with van der Waals surface area (Å²) in [4.78, 5) is 24.5. The number of hydrogen-bond acceptors (Lipinski definition) is 4. The van der Waals surface area contributed by atoms with E-state index in [9.17, 15) is 23.1 Å². The van der Waals surface area contributed by atoms with Crippen LogP contribution in [0.2, 0.25) is 10.0 Å². The van der Waals surface area contributed by atoms with Crippen molar-refractivity contribution in [2.24, 2.45) is 0 Å². The van der Waals surface area contributed by atoms with Gasteiger partial charge in [-0.1, -0.05) is 67.4 Å². The van der Waals surface area contributed by atoms with E-state index in [-0.39, 0.29) is 27.9 Å². The molecule has 3 rings (SSSR count). The van der Waals surface area contributed by atoms with E-state index in [2.05, 4.69) is 5.32 Å². The molecule has 0 bridgehead atoms. The number of hydrazine groups is 1. The Balaban J connectivity index is 0.00000187. The molecule has 33 heavy (non-hydrogen) atoms. The van der Waals surface area contributed by atoms with Gasteiger partial charge in [-0.15, -0.1) is 4.41 Å². The van der Waals surface area contributed by atoms with Gasteiger partial charge >= 0.3 is 12.0 Å². The second kappa shape index (κ2) is 11.7. The highest BCUT2D eigenvalue weighted by atomic mass is 35.5. The van der Waals surface area contributed by atoms with Gasteiger partial charge in [-0.3, -0.25) is 0 Å². The molecule has 2 atom stereocenters. The number of halogens is 2. The molecule has 1 aliphatic rings. The number of urea groups is 1. The van der Waals surface area contributed by atoms with E-state index in [1.165, 1.54) is 18.2 Å². The van der Waals surface area contributed by atoms with Gasteiger partial charge in [0.15, 0.2) is 0 Å². The number of carboxylic acids is 1. The first kappa shape index (κ1) is 26.9. The van der Waals surface area contributed by atoms with Gasteiger partial charge in [0.25, 0.3) is 10.0 Å². The molecule has 1 aliphatic heterocycles. The van der Waals surface area contributed by atoms with E-state index in [1.54, 1.807) is 37.3 Å². The lowest BCUT2D eigenvalue weighted by atomic mass is 10.1. The minimum atomic E-state index is -4.16. The number of aliphatic carboxylic acids is 1. The Morgan fingerprint density at radius 3 is 2.24 bits per heavy atom. The number of hydrogen-bond donors (Lipinski definition) is 2. The predicted octanol–water partition coefficient (Wildman–Crippen LogP) is 4.43. The fraction of sp³-hybridized carbons (Fsp3) is 0.364. The van der Waals surface area contributed by atoms with E-state index in [0.29, 0.717) is 6.42 Å². The molecule has 2 N–H and O–H groups in total. The Bertz CT molecular complexity index is 1060. The number of nitrogens with one attached hydrogen (secondary N) is 1. The Morgan fingerprint density at radius 2 is 1.70 bits per heavy atom. The van der Waals surface area contributed by atoms with Crippen LogP contribution >= 0.6 is 23.2 Å².